The van der Waals surface area contributed by atoms with Crippen molar-refractivity contribution in [2.45, 2.75) is 363 Å². The van der Waals surface area contributed by atoms with Gasteiger partial charge >= 0.3 is 0 Å². The Balaban J connectivity index is 0.000000133. The van der Waals surface area contributed by atoms with Crippen LogP contribution in [-0.2, 0) is 23.9 Å². The molecule has 4 aromatic rings. The van der Waals surface area contributed by atoms with Crippen molar-refractivity contribution in [2.75, 3.05) is 82.1 Å². The maximum absolute atomic E-state index is 12.3. The number of ether oxygens (including phenoxy) is 1. The second-order valence-electron chi connectivity index (χ2n) is 53.3. The minimum absolute atomic E-state index is 0.132. The van der Waals surface area contributed by atoms with Crippen LogP contribution >= 0.6 is 0 Å². The minimum atomic E-state index is -0.974. The highest BCUT2D eigenvalue weighted by Gasteiger charge is 2.68. The van der Waals surface area contributed by atoms with Crippen LogP contribution in [0.3, 0.4) is 0 Å². The standard InChI is InChI=1S/C34H45NO3.C34H45NO2.C33H43NO2.C32H41NO2/c1-32(2,3)17-18-34(37)16-15-30-28-13-9-24-21-26(36)12-14-27(24)31(28)29(22-33(30,34)4)23-7-10-25(11-8-23)35(5)19-20-38-6;1-22(2)35(7)25-11-8-23(9-12-25)29-21-33(6)30(16-17-34(33,37)19-18-32(3,4)5)28-14-10-24-20-26(36)13-15-27(24)31(28)29;1-21-18-22(9-13-29(21)34(6)7)27-20-32(5)28(14-15-33(32,36)17-16-31(2,3)4)26-11-8-23-19-24(35)10-12-25(23)30(26)27;1-30(2,3)17-18-32(35)16-15-28-26-13-9-22-19-24(34)12-14-25(22)29(26)27(20-31(28,32)4)21-7-10-23(11-8-21)33(5)6/h7-8,10-11,21,28-30,37H,9,12-16,19-20,22H2,1-6H3;8-9,11-12,20,22,28-30,37H,10,13-17,21H2,1-7H3;9,13,18-19,26-28,36H,8,10-12,14-15,20H2,1-7H3;7-8,10-11,19,26-28,35H,9,12-16,20H2,1-6H3/t2*28-,29+,30-,33-,34+;26-,27+,28-,32-,33+;26-,27+,28-,31-,32+/m0000/s1. The normalized spacial score (nSPS) is 33.4. The van der Waals surface area contributed by atoms with Crippen molar-refractivity contribution in [2.24, 2.45) is 90.7 Å². The monoisotopic (exact) mass is 1970 g/mol. The van der Waals surface area contributed by atoms with Crippen LogP contribution in [0.25, 0.3) is 0 Å². The molecule has 20 atom stereocenters. The zero-order valence-electron chi connectivity index (χ0n) is 93.8. The smallest absolute Gasteiger partial charge is 0.156 e. The molecule has 0 unspecified atom stereocenters. The highest BCUT2D eigenvalue weighted by Crippen LogP contribution is 2.73. The van der Waals surface area contributed by atoms with Crippen molar-refractivity contribution in [3.63, 3.8) is 0 Å². The van der Waals surface area contributed by atoms with Crippen molar-refractivity contribution in [1.82, 2.24) is 0 Å². The molecule has 0 aromatic heterocycles. The third-order valence-corrected chi connectivity index (χ3v) is 38.9. The van der Waals surface area contributed by atoms with Gasteiger partial charge in [0.15, 0.2) is 23.1 Å². The summed E-state index contributed by atoms with van der Waals surface area (Å²) in [4.78, 5) is 58.0. The Morgan fingerprint density at radius 3 is 0.877 bits per heavy atom. The first kappa shape index (κ1) is 108. The van der Waals surface area contributed by atoms with E-state index in [2.05, 4.69) is 332 Å². The lowest BCUT2D eigenvalue weighted by atomic mass is 9.51. The summed E-state index contributed by atoms with van der Waals surface area (Å²) >= 11 is 0. The van der Waals surface area contributed by atoms with E-state index in [1.807, 2.05) is 24.3 Å². The van der Waals surface area contributed by atoms with Gasteiger partial charge in [-0.2, -0.15) is 0 Å². The average Bonchev–Trinajstić information content (AvgIpc) is 1.52. The molecule has 4 aromatic carbocycles. The highest BCUT2D eigenvalue weighted by atomic mass is 16.5. The molecule has 16 aliphatic carbocycles. The number of hydrogen-bond donors (Lipinski definition) is 4. The first-order chi connectivity index (χ1) is 68.5. The molecular weight excluding hydrogens is 1800 g/mol. The summed E-state index contributed by atoms with van der Waals surface area (Å²) < 4.78 is 5.27. The Labute approximate surface area is 878 Å². The molecule has 0 heterocycles. The van der Waals surface area contributed by atoms with Crippen LogP contribution in [0, 0.1) is 145 Å². The summed E-state index contributed by atoms with van der Waals surface area (Å²) in [6.45, 7) is 42.9. The van der Waals surface area contributed by atoms with Gasteiger partial charge in [0, 0.05) is 177 Å². The van der Waals surface area contributed by atoms with E-state index in [1.54, 1.807) is 29.4 Å². The maximum Gasteiger partial charge on any atom is 0.156 e. The lowest BCUT2D eigenvalue weighted by Gasteiger charge is -2.53. The Bertz CT molecular complexity index is 6300. The van der Waals surface area contributed by atoms with E-state index < -0.39 is 22.4 Å². The van der Waals surface area contributed by atoms with Crippen LogP contribution in [0.15, 0.2) is 182 Å². The molecule has 4 N–H and O–H groups in total. The molecule has 0 aliphatic heterocycles. The van der Waals surface area contributed by atoms with Crippen LogP contribution in [0.1, 0.15) is 356 Å². The van der Waals surface area contributed by atoms with Gasteiger partial charge in [-0.3, -0.25) is 19.2 Å². The summed E-state index contributed by atoms with van der Waals surface area (Å²) in [6, 6.07) is 34.6. The van der Waals surface area contributed by atoms with Crippen molar-refractivity contribution in [3.05, 3.63) is 210 Å². The molecule has 13 heteroatoms. The quantitative estimate of drug-likeness (QED) is 0.0989. The Hall–Kier alpha value is -9.28. The van der Waals surface area contributed by atoms with Gasteiger partial charge in [0.1, 0.15) is 22.4 Å². The summed E-state index contributed by atoms with van der Waals surface area (Å²) in [7, 11) is 14.3. The number of aryl methyl sites for hydroxylation is 1. The number of methoxy groups -OCH3 is 1. The molecule has 0 saturated heterocycles. The molecule has 13 nitrogen and oxygen atoms in total. The van der Waals surface area contributed by atoms with Crippen LogP contribution in [0.4, 0.5) is 22.7 Å². The van der Waals surface area contributed by atoms with E-state index >= 15 is 0 Å². The lowest BCUT2D eigenvalue weighted by Crippen LogP contribution is -2.51. The number of likely N-dealkylation sites (N-methyl/N-ethyl adjacent to an activating group) is 1. The van der Waals surface area contributed by atoms with E-state index in [1.165, 1.54) is 95.2 Å². The van der Waals surface area contributed by atoms with E-state index in [4.69, 9.17) is 4.74 Å². The number of ketones is 4. The number of hydrogen-bond acceptors (Lipinski definition) is 13. The van der Waals surface area contributed by atoms with Crippen molar-refractivity contribution in [3.8, 4) is 47.4 Å². The van der Waals surface area contributed by atoms with Crippen molar-refractivity contribution in [1.29, 1.82) is 0 Å². The number of benzene rings is 4. The first-order valence-electron chi connectivity index (χ1n) is 56.1. The predicted molar refractivity (Wildman–Crippen MR) is 598 cm³/mol. The number of fused-ring (bicyclic) bond motifs is 16. The molecule has 8 fully saturated rings. The molecule has 0 radical (unpaired) electrons. The van der Waals surface area contributed by atoms with Gasteiger partial charge in [0.05, 0.1) is 6.61 Å². The summed E-state index contributed by atoms with van der Waals surface area (Å²) in [5, 5.41) is 48.6. The topological polar surface area (TPSA) is 171 Å². The Morgan fingerprint density at radius 1 is 0.356 bits per heavy atom. The summed E-state index contributed by atoms with van der Waals surface area (Å²) in [5.41, 5.74) is 23.3. The van der Waals surface area contributed by atoms with Gasteiger partial charge in [-0.05, 0) is 444 Å². The molecule has 780 valence electrons. The average molecular weight is 1970 g/mol. The number of rotatable bonds is 12. The zero-order chi connectivity index (χ0) is 105. The van der Waals surface area contributed by atoms with Crippen LogP contribution in [-0.4, -0.2) is 135 Å². The van der Waals surface area contributed by atoms with E-state index in [-0.39, 0.29) is 90.1 Å². The summed E-state index contributed by atoms with van der Waals surface area (Å²) in [6.07, 6.45) is 32.7. The summed E-state index contributed by atoms with van der Waals surface area (Å²) in [5.74, 6) is 32.9. The van der Waals surface area contributed by atoms with Gasteiger partial charge in [0.25, 0.3) is 0 Å². The highest BCUT2D eigenvalue weighted by molar-refractivity contribution is 5.95. The maximum atomic E-state index is 12.3. The fourth-order valence-corrected chi connectivity index (χ4v) is 30.8. The Morgan fingerprint density at radius 2 is 0.623 bits per heavy atom. The largest absolute Gasteiger partial charge is 0.383 e. The second kappa shape index (κ2) is 40.5. The molecule has 0 amide bonds. The number of allylic oxidation sites excluding steroid dienone is 16. The van der Waals surface area contributed by atoms with Gasteiger partial charge in [-0.25, -0.2) is 0 Å². The Kier molecular flexibility index (Phi) is 29.9. The third kappa shape index (κ3) is 20.6. The van der Waals surface area contributed by atoms with Crippen molar-refractivity contribution < 1.29 is 44.3 Å². The van der Waals surface area contributed by atoms with Crippen LogP contribution in [0.2, 0.25) is 0 Å². The van der Waals surface area contributed by atoms with Crippen molar-refractivity contribution >= 4 is 45.9 Å². The van der Waals surface area contributed by atoms with Crippen LogP contribution in [0.5, 0.6) is 0 Å². The van der Waals surface area contributed by atoms with Gasteiger partial charge in [-0.1, -0.05) is 146 Å². The number of anilines is 4. The lowest BCUT2D eigenvalue weighted by molar-refractivity contribution is -0.115. The molecule has 146 heavy (non-hydrogen) atoms. The molecule has 0 bridgehead atoms. The fourth-order valence-electron chi connectivity index (χ4n) is 30.8. The molecule has 20 rings (SSSR count). The fraction of sp³-hybridized carbons (Fsp3) is 0.609. The number of carbonyl (C=O) groups is 4. The second-order valence-corrected chi connectivity index (χ2v) is 53.3. The number of carbonyl (C=O) groups excluding carboxylic acids is 4. The van der Waals surface area contributed by atoms with Gasteiger partial charge in [-0.15, -0.1) is 0 Å². The van der Waals surface area contributed by atoms with E-state index in [0.29, 0.717) is 85.7 Å². The molecule has 16 aliphatic rings. The first-order valence-corrected chi connectivity index (χ1v) is 56.1. The minimum Gasteiger partial charge on any atom is -0.383 e. The van der Waals surface area contributed by atoms with Gasteiger partial charge < -0.3 is 44.8 Å². The SMILES string of the molecule is CC(C)N(C)c1ccc([C@H]2C[C@@]3(C)[C@@H](CC[C@@]3(O)C#CC(C)(C)C)[C@@H]3CCC4=CC(=O)CCC4=C32)cc1.CN(C)c1ccc([C@H]2C[C@@]3(C)[C@@H](CC[C@@]3(O)C#CC(C)(C)C)[C@@H]3CCC4=CC(=O)CCC4=C32)cc1.COCCN(C)c1ccc([C@H]2C[C@@]3(C)[C@@H](CC[C@@]3(O)C#CC(C)(C)C)[C@@H]3CCC4=CC(=O)CCC4=C32)cc1.Cc1cc([C@H]2C[C@@]3(C)[C@@H](CC[C@@]3(O)C#CC(C)(C)C)[C@@H]3CCC4=CC(=O)CCC4=C32)ccc1N(C)C. The van der Waals surface area contributed by atoms with E-state index in [9.17, 15) is 39.6 Å². The molecule has 8 saturated carbocycles. The predicted octanol–water partition coefficient (Wildman–Crippen LogP) is 26.8. The molecular formula is C133H174N4O9. The van der Waals surface area contributed by atoms with E-state index in [0.717, 1.165) is 161 Å². The van der Waals surface area contributed by atoms with Crippen LogP contribution < -0.4 is 19.6 Å². The molecule has 0 spiro atoms. The third-order valence-electron chi connectivity index (χ3n) is 38.9. The zero-order valence-corrected chi connectivity index (χ0v) is 93.8. The number of aliphatic hydroxyl groups is 4. The van der Waals surface area contributed by atoms with Gasteiger partial charge in [0.2, 0.25) is 0 Å². The number of nitrogens with zero attached hydrogens (tertiary/aromatic N) is 4.